The predicted molar refractivity (Wildman–Crippen MR) is 117 cm³/mol. The highest BCUT2D eigenvalue weighted by Crippen LogP contribution is 2.39. The van der Waals surface area contributed by atoms with Gasteiger partial charge in [-0.25, -0.2) is 0 Å². The van der Waals surface area contributed by atoms with Gasteiger partial charge in [-0.3, -0.25) is 9.69 Å². The van der Waals surface area contributed by atoms with E-state index in [1.165, 1.54) is 26.9 Å². The van der Waals surface area contributed by atoms with Gasteiger partial charge in [-0.15, -0.1) is 0 Å². The molecule has 31 heavy (non-hydrogen) atoms. The minimum absolute atomic E-state index is 0.138. The molecule has 0 radical (unpaired) electrons. The lowest BCUT2D eigenvalue weighted by molar-refractivity contribution is -0.125. The number of methoxy groups -OCH3 is 3. The van der Waals surface area contributed by atoms with E-state index in [0.29, 0.717) is 29.4 Å². The van der Waals surface area contributed by atoms with Crippen LogP contribution >= 0.6 is 0 Å². The fourth-order valence-electron chi connectivity index (χ4n) is 4.62. The van der Waals surface area contributed by atoms with Crippen molar-refractivity contribution in [3.05, 3.63) is 53.6 Å². The third-order valence-corrected chi connectivity index (χ3v) is 6.16. The first kappa shape index (κ1) is 21.5. The van der Waals surface area contributed by atoms with Crippen LogP contribution in [0.1, 0.15) is 41.2 Å². The Bertz CT molecular complexity index is 879. The molecular weight excluding hydrogens is 396 g/mol. The molecule has 0 unspecified atom stereocenters. The molecule has 0 aliphatic carbocycles. The van der Waals surface area contributed by atoms with Crippen molar-refractivity contribution >= 4 is 5.91 Å². The van der Waals surface area contributed by atoms with E-state index >= 15 is 0 Å². The zero-order valence-corrected chi connectivity index (χ0v) is 18.3. The van der Waals surface area contributed by atoms with E-state index in [4.69, 9.17) is 18.9 Å². The molecule has 166 valence electrons. The summed E-state index contributed by atoms with van der Waals surface area (Å²) < 4.78 is 22.3. The van der Waals surface area contributed by atoms with E-state index in [2.05, 4.69) is 34.5 Å². The topological polar surface area (TPSA) is 69.3 Å². The number of piperidine rings is 1. The first-order valence-corrected chi connectivity index (χ1v) is 10.7. The SMILES string of the molecule is COc1cc(C(=O)N[C@H]2OC[C@H](c3ccccc3)N3CCCC[C@H]23)cc(OC)c1OC. The molecule has 3 atom stereocenters. The second kappa shape index (κ2) is 9.58. The van der Waals surface area contributed by atoms with E-state index in [0.717, 1.165) is 25.8 Å². The summed E-state index contributed by atoms with van der Waals surface area (Å²) >= 11 is 0. The Morgan fingerprint density at radius 3 is 2.39 bits per heavy atom. The number of nitrogens with zero attached hydrogens (tertiary/aromatic N) is 1. The Morgan fingerprint density at radius 2 is 1.74 bits per heavy atom. The van der Waals surface area contributed by atoms with Crippen molar-refractivity contribution < 1.29 is 23.7 Å². The highest BCUT2D eigenvalue weighted by Gasteiger charge is 2.40. The summed E-state index contributed by atoms with van der Waals surface area (Å²) in [4.78, 5) is 15.6. The maximum absolute atomic E-state index is 13.1. The van der Waals surface area contributed by atoms with Crippen LogP contribution in [-0.4, -0.2) is 57.6 Å². The number of ether oxygens (including phenoxy) is 4. The lowest BCUT2D eigenvalue weighted by Gasteiger charge is -2.48. The summed E-state index contributed by atoms with van der Waals surface area (Å²) in [6.45, 7) is 1.55. The van der Waals surface area contributed by atoms with Gasteiger partial charge in [0.05, 0.1) is 40.0 Å². The van der Waals surface area contributed by atoms with Gasteiger partial charge in [0, 0.05) is 5.56 Å². The molecule has 2 aromatic carbocycles. The molecule has 0 aromatic heterocycles. The van der Waals surface area contributed by atoms with Crippen LogP contribution in [0.4, 0.5) is 0 Å². The molecule has 1 amide bonds. The standard InChI is InChI=1S/C24H30N2O5/c1-28-20-13-17(14-21(29-2)22(20)30-3)23(27)25-24-18-11-7-8-12-26(18)19(15-31-24)16-9-5-4-6-10-16/h4-6,9-10,13-14,18-19,24H,7-8,11-12,15H2,1-3H3,(H,25,27)/t18-,19-,24+/m1/s1. The third kappa shape index (κ3) is 4.34. The summed E-state index contributed by atoms with van der Waals surface area (Å²) in [5, 5.41) is 3.09. The number of hydrogen-bond donors (Lipinski definition) is 1. The van der Waals surface area contributed by atoms with Gasteiger partial charge in [-0.2, -0.15) is 0 Å². The van der Waals surface area contributed by atoms with Gasteiger partial charge in [-0.05, 0) is 37.1 Å². The van der Waals surface area contributed by atoms with Crippen LogP contribution in [0.25, 0.3) is 0 Å². The van der Waals surface area contributed by atoms with Crippen molar-refractivity contribution in [3.8, 4) is 17.2 Å². The Balaban J connectivity index is 1.54. The molecule has 2 fully saturated rings. The van der Waals surface area contributed by atoms with Crippen molar-refractivity contribution in [2.75, 3.05) is 34.5 Å². The Morgan fingerprint density at radius 1 is 1.03 bits per heavy atom. The van der Waals surface area contributed by atoms with Gasteiger partial charge in [0.2, 0.25) is 5.75 Å². The monoisotopic (exact) mass is 426 g/mol. The molecular formula is C24H30N2O5. The minimum atomic E-state index is -0.369. The van der Waals surface area contributed by atoms with Crippen LogP contribution in [0.3, 0.4) is 0 Å². The molecule has 2 aromatic rings. The number of carbonyl (C=O) groups is 1. The molecule has 7 heteroatoms. The lowest BCUT2D eigenvalue weighted by atomic mass is 9.93. The highest BCUT2D eigenvalue weighted by atomic mass is 16.5. The van der Waals surface area contributed by atoms with Crippen molar-refractivity contribution in [1.29, 1.82) is 0 Å². The molecule has 0 saturated carbocycles. The number of rotatable bonds is 6. The average Bonchev–Trinajstić information content (AvgIpc) is 2.83. The van der Waals surface area contributed by atoms with Crippen LogP contribution in [-0.2, 0) is 4.74 Å². The molecule has 2 aliphatic rings. The summed E-state index contributed by atoms with van der Waals surface area (Å²) in [7, 11) is 4.61. The number of carbonyl (C=O) groups excluding carboxylic acids is 1. The molecule has 1 N–H and O–H groups in total. The van der Waals surface area contributed by atoms with E-state index < -0.39 is 0 Å². The lowest BCUT2D eigenvalue weighted by Crippen LogP contribution is -2.60. The second-order valence-corrected chi connectivity index (χ2v) is 7.87. The summed E-state index contributed by atoms with van der Waals surface area (Å²) in [6.07, 6.45) is 2.91. The van der Waals surface area contributed by atoms with E-state index in [1.807, 2.05) is 6.07 Å². The van der Waals surface area contributed by atoms with Gasteiger partial charge in [0.15, 0.2) is 11.5 Å². The molecule has 4 rings (SSSR count). The maximum Gasteiger partial charge on any atom is 0.253 e. The maximum atomic E-state index is 13.1. The van der Waals surface area contributed by atoms with Gasteiger partial charge in [-0.1, -0.05) is 36.8 Å². The van der Waals surface area contributed by atoms with Crippen molar-refractivity contribution in [3.63, 3.8) is 0 Å². The van der Waals surface area contributed by atoms with Gasteiger partial charge in [0.1, 0.15) is 6.23 Å². The van der Waals surface area contributed by atoms with Crippen LogP contribution in [0.15, 0.2) is 42.5 Å². The van der Waals surface area contributed by atoms with Gasteiger partial charge in [0.25, 0.3) is 5.91 Å². The fourth-order valence-corrected chi connectivity index (χ4v) is 4.62. The summed E-state index contributed by atoms with van der Waals surface area (Å²) in [5.74, 6) is 1.12. The number of morpholine rings is 1. The number of hydrogen-bond acceptors (Lipinski definition) is 6. The second-order valence-electron chi connectivity index (χ2n) is 7.87. The quantitative estimate of drug-likeness (QED) is 0.764. The summed E-state index contributed by atoms with van der Waals surface area (Å²) in [6, 6.07) is 14.1. The van der Waals surface area contributed by atoms with Gasteiger partial charge >= 0.3 is 0 Å². The first-order chi connectivity index (χ1) is 15.2. The largest absolute Gasteiger partial charge is 0.493 e. The van der Waals surface area contributed by atoms with Crippen molar-refractivity contribution in [2.45, 2.75) is 37.6 Å². The summed E-state index contributed by atoms with van der Waals surface area (Å²) in [5.41, 5.74) is 1.69. The highest BCUT2D eigenvalue weighted by molar-refractivity contribution is 5.95. The molecule has 2 aliphatic heterocycles. The number of amides is 1. The average molecular weight is 427 g/mol. The van der Waals surface area contributed by atoms with Crippen LogP contribution < -0.4 is 19.5 Å². The third-order valence-electron chi connectivity index (χ3n) is 6.16. The Hall–Kier alpha value is -2.77. The fraction of sp³-hybridized carbons (Fsp3) is 0.458. The van der Waals surface area contributed by atoms with E-state index in [-0.39, 0.29) is 24.2 Å². The van der Waals surface area contributed by atoms with Crippen molar-refractivity contribution in [2.24, 2.45) is 0 Å². The van der Waals surface area contributed by atoms with Crippen LogP contribution in [0.2, 0.25) is 0 Å². The normalized spacial score (nSPS) is 23.5. The first-order valence-electron chi connectivity index (χ1n) is 10.7. The zero-order chi connectivity index (χ0) is 21.8. The number of fused-ring (bicyclic) bond motifs is 1. The van der Waals surface area contributed by atoms with Crippen molar-refractivity contribution in [1.82, 2.24) is 10.2 Å². The molecule has 0 spiro atoms. The van der Waals surface area contributed by atoms with Crippen LogP contribution in [0.5, 0.6) is 17.2 Å². The Kier molecular flexibility index (Phi) is 6.63. The van der Waals surface area contributed by atoms with Gasteiger partial charge < -0.3 is 24.3 Å². The molecule has 0 bridgehead atoms. The predicted octanol–water partition coefficient (Wildman–Crippen LogP) is 3.39. The number of benzene rings is 2. The molecule has 7 nitrogen and oxygen atoms in total. The number of nitrogens with one attached hydrogen (secondary N) is 1. The van der Waals surface area contributed by atoms with E-state index in [1.54, 1.807) is 12.1 Å². The molecule has 2 heterocycles. The minimum Gasteiger partial charge on any atom is -0.493 e. The van der Waals surface area contributed by atoms with E-state index in [9.17, 15) is 4.79 Å². The Labute approximate surface area is 183 Å². The molecule has 2 saturated heterocycles. The zero-order valence-electron chi connectivity index (χ0n) is 18.3. The van der Waals surface area contributed by atoms with Crippen LogP contribution in [0, 0.1) is 0 Å². The smallest absolute Gasteiger partial charge is 0.253 e.